The number of rotatable bonds is 5. The number of benzene rings is 1. The summed E-state index contributed by atoms with van der Waals surface area (Å²) in [6.07, 6.45) is 0.0869. The monoisotopic (exact) mass is 525 g/mol. The fraction of sp³-hybridized carbons (Fsp3) is 0.240. The Morgan fingerprint density at radius 2 is 1.87 bits per heavy atom. The van der Waals surface area contributed by atoms with Gasteiger partial charge in [-0.05, 0) is 37.6 Å². The third-order valence-electron chi connectivity index (χ3n) is 6.59. The normalized spacial score (nSPS) is 17.6. The standard InChI is InChI=1S/C25H22F3N7O3/c1-24(22(37)38)7-10-34(13-24)23-33-18(19-20(29)31-9-11-35(19)23)14-2-4-15(5-3-14)21(36)32-17-12-16(6-8-30-17)25(26,27)28/h2-6,8-9,11-12H,7,10,13H2,1H3,(H2,29,31)(H,37,38)(H,30,32,36)/t24-/m0/s1. The molecule has 3 aromatic heterocycles. The molecule has 38 heavy (non-hydrogen) atoms. The topological polar surface area (TPSA) is 139 Å². The fourth-order valence-corrected chi connectivity index (χ4v) is 4.42. The number of aliphatic carboxylic acids is 1. The van der Waals surface area contributed by atoms with Gasteiger partial charge < -0.3 is 21.1 Å². The molecule has 0 unspecified atom stereocenters. The van der Waals surface area contributed by atoms with Crippen LogP contribution in [0.2, 0.25) is 0 Å². The van der Waals surface area contributed by atoms with Crippen molar-refractivity contribution in [2.75, 3.05) is 29.0 Å². The molecule has 1 aliphatic rings. The van der Waals surface area contributed by atoms with Gasteiger partial charge in [0.15, 0.2) is 0 Å². The second-order valence-corrected chi connectivity index (χ2v) is 9.29. The number of carboxylic acids is 1. The highest BCUT2D eigenvalue weighted by molar-refractivity contribution is 6.04. The average Bonchev–Trinajstić information content (AvgIpc) is 3.46. The molecule has 0 radical (unpaired) electrons. The molecule has 0 spiro atoms. The van der Waals surface area contributed by atoms with Gasteiger partial charge in [0.25, 0.3) is 5.91 Å². The van der Waals surface area contributed by atoms with E-state index < -0.39 is 29.0 Å². The maximum atomic E-state index is 13.0. The summed E-state index contributed by atoms with van der Waals surface area (Å²) < 4.78 is 40.6. The smallest absolute Gasteiger partial charge is 0.416 e. The van der Waals surface area contributed by atoms with Crippen molar-refractivity contribution >= 4 is 35.0 Å². The third-order valence-corrected chi connectivity index (χ3v) is 6.59. The van der Waals surface area contributed by atoms with Crippen LogP contribution < -0.4 is 16.0 Å². The number of amides is 1. The number of hydrogen-bond donors (Lipinski definition) is 3. The van der Waals surface area contributed by atoms with E-state index in [1.54, 1.807) is 29.7 Å². The Morgan fingerprint density at radius 1 is 1.13 bits per heavy atom. The van der Waals surface area contributed by atoms with Crippen molar-refractivity contribution in [3.63, 3.8) is 0 Å². The van der Waals surface area contributed by atoms with Crippen LogP contribution in [0.4, 0.5) is 30.8 Å². The molecule has 4 aromatic rings. The number of pyridine rings is 1. The Morgan fingerprint density at radius 3 is 2.53 bits per heavy atom. The van der Waals surface area contributed by atoms with Crippen LogP contribution in [0.3, 0.4) is 0 Å². The highest BCUT2D eigenvalue weighted by Crippen LogP contribution is 2.37. The molecule has 0 aliphatic carbocycles. The van der Waals surface area contributed by atoms with Gasteiger partial charge in [0.2, 0.25) is 5.95 Å². The molecule has 10 nitrogen and oxygen atoms in total. The van der Waals surface area contributed by atoms with Crippen molar-refractivity contribution in [1.29, 1.82) is 0 Å². The van der Waals surface area contributed by atoms with Gasteiger partial charge in [-0.25, -0.2) is 15.0 Å². The van der Waals surface area contributed by atoms with Crippen molar-refractivity contribution in [3.8, 4) is 11.3 Å². The van der Waals surface area contributed by atoms with Crippen LogP contribution in [0.15, 0.2) is 55.0 Å². The minimum absolute atomic E-state index is 0.194. The van der Waals surface area contributed by atoms with Gasteiger partial charge in [-0.3, -0.25) is 14.0 Å². The molecule has 4 N–H and O–H groups in total. The first-order chi connectivity index (χ1) is 18.0. The van der Waals surface area contributed by atoms with Crippen molar-refractivity contribution < 1.29 is 27.9 Å². The zero-order valence-corrected chi connectivity index (χ0v) is 20.0. The lowest BCUT2D eigenvalue weighted by atomic mass is 9.90. The number of carboxylic acid groups (broad SMARTS) is 1. The molecule has 4 heterocycles. The first kappa shape index (κ1) is 25.0. The number of anilines is 3. The molecular formula is C25H22F3N7O3. The molecule has 1 fully saturated rings. The summed E-state index contributed by atoms with van der Waals surface area (Å²) in [7, 11) is 0. The molecule has 13 heteroatoms. The summed E-state index contributed by atoms with van der Waals surface area (Å²) in [6.45, 7) is 2.46. The van der Waals surface area contributed by atoms with Crippen LogP contribution >= 0.6 is 0 Å². The van der Waals surface area contributed by atoms with Crippen LogP contribution in [-0.2, 0) is 11.0 Å². The van der Waals surface area contributed by atoms with Crippen LogP contribution in [0.5, 0.6) is 0 Å². The Labute approximate surface area is 213 Å². The molecule has 1 amide bonds. The summed E-state index contributed by atoms with van der Waals surface area (Å²) in [4.78, 5) is 39.0. The van der Waals surface area contributed by atoms with Gasteiger partial charge in [-0.2, -0.15) is 13.2 Å². The fourth-order valence-electron chi connectivity index (χ4n) is 4.42. The quantitative estimate of drug-likeness (QED) is 0.356. The lowest BCUT2D eigenvalue weighted by Crippen LogP contribution is -2.32. The molecular weight excluding hydrogens is 503 g/mol. The van der Waals surface area contributed by atoms with E-state index in [1.165, 1.54) is 18.3 Å². The zero-order valence-electron chi connectivity index (χ0n) is 20.0. The van der Waals surface area contributed by atoms with E-state index in [0.29, 0.717) is 35.7 Å². The largest absolute Gasteiger partial charge is 0.481 e. The van der Waals surface area contributed by atoms with Crippen LogP contribution in [-0.4, -0.2) is 49.4 Å². The van der Waals surface area contributed by atoms with E-state index in [0.717, 1.165) is 18.3 Å². The average molecular weight is 525 g/mol. The highest BCUT2D eigenvalue weighted by atomic mass is 19.4. The SMILES string of the molecule is C[C@]1(C(=O)O)CCN(c2nc(-c3ccc(C(=O)Nc4cc(C(F)(F)F)ccn4)cc3)c3c(N)nccn23)C1. The predicted molar refractivity (Wildman–Crippen MR) is 133 cm³/mol. The highest BCUT2D eigenvalue weighted by Gasteiger charge is 2.42. The number of halogens is 3. The maximum absolute atomic E-state index is 13.0. The van der Waals surface area contributed by atoms with Crippen molar-refractivity contribution in [3.05, 3.63) is 66.1 Å². The molecule has 1 atom stereocenters. The van der Waals surface area contributed by atoms with Gasteiger partial charge in [0.1, 0.15) is 22.8 Å². The minimum Gasteiger partial charge on any atom is -0.481 e. The maximum Gasteiger partial charge on any atom is 0.416 e. The second kappa shape index (κ2) is 9.01. The van der Waals surface area contributed by atoms with Gasteiger partial charge in [-0.1, -0.05) is 12.1 Å². The van der Waals surface area contributed by atoms with E-state index >= 15 is 0 Å². The van der Waals surface area contributed by atoms with Crippen molar-refractivity contribution in [2.24, 2.45) is 5.41 Å². The first-order valence-electron chi connectivity index (χ1n) is 11.5. The number of fused-ring (bicyclic) bond motifs is 1. The Bertz CT molecular complexity index is 1550. The number of nitrogen functional groups attached to an aromatic ring is 1. The number of hydrogen-bond acceptors (Lipinski definition) is 7. The van der Waals surface area contributed by atoms with Crippen molar-refractivity contribution in [1.82, 2.24) is 19.4 Å². The van der Waals surface area contributed by atoms with Gasteiger partial charge in [-0.15, -0.1) is 0 Å². The molecule has 1 aliphatic heterocycles. The lowest BCUT2D eigenvalue weighted by molar-refractivity contribution is -0.146. The molecule has 1 saturated heterocycles. The third kappa shape index (κ3) is 4.46. The Balaban J connectivity index is 1.44. The van der Waals surface area contributed by atoms with E-state index in [-0.39, 0.29) is 23.7 Å². The molecule has 1 aromatic carbocycles. The van der Waals surface area contributed by atoms with Crippen LogP contribution in [0, 0.1) is 5.41 Å². The molecule has 196 valence electrons. The number of imidazole rings is 1. The lowest BCUT2D eigenvalue weighted by Gasteiger charge is -2.20. The second-order valence-electron chi connectivity index (χ2n) is 9.29. The van der Waals surface area contributed by atoms with E-state index in [9.17, 15) is 27.9 Å². The molecule has 0 bridgehead atoms. The van der Waals surface area contributed by atoms with Crippen LogP contribution in [0.1, 0.15) is 29.3 Å². The number of carbonyl (C=O) groups is 2. The summed E-state index contributed by atoms with van der Waals surface area (Å²) in [6, 6.07) is 7.87. The number of aromatic nitrogens is 4. The summed E-state index contributed by atoms with van der Waals surface area (Å²) in [5.74, 6) is -0.997. The minimum atomic E-state index is -4.56. The summed E-state index contributed by atoms with van der Waals surface area (Å²) >= 11 is 0. The van der Waals surface area contributed by atoms with E-state index in [4.69, 9.17) is 10.7 Å². The van der Waals surface area contributed by atoms with Gasteiger partial charge in [0.05, 0.1) is 11.0 Å². The summed E-state index contributed by atoms with van der Waals surface area (Å²) in [5.41, 5.74) is 6.17. The first-order valence-corrected chi connectivity index (χ1v) is 11.5. The Kier molecular flexibility index (Phi) is 5.93. The number of nitrogens with zero attached hydrogens (tertiary/aromatic N) is 5. The van der Waals surface area contributed by atoms with Crippen LogP contribution in [0.25, 0.3) is 16.8 Å². The van der Waals surface area contributed by atoms with E-state index in [2.05, 4.69) is 15.3 Å². The van der Waals surface area contributed by atoms with Gasteiger partial charge in [0, 0.05) is 42.8 Å². The van der Waals surface area contributed by atoms with Gasteiger partial charge >= 0.3 is 12.1 Å². The molecule has 5 rings (SSSR count). The Hall–Kier alpha value is -4.68. The number of nitrogens with two attached hydrogens (primary N) is 1. The summed E-state index contributed by atoms with van der Waals surface area (Å²) in [5, 5.41) is 12.0. The predicted octanol–water partition coefficient (Wildman–Crippen LogP) is 3.95. The number of alkyl halides is 3. The van der Waals surface area contributed by atoms with Crippen molar-refractivity contribution in [2.45, 2.75) is 19.5 Å². The number of nitrogens with one attached hydrogen (secondary N) is 1. The van der Waals surface area contributed by atoms with E-state index in [1.807, 2.05) is 4.90 Å². The number of carbonyl (C=O) groups excluding carboxylic acids is 1. The zero-order chi connectivity index (χ0) is 27.2. The molecule has 0 saturated carbocycles.